The highest BCUT2D eigenvalue weighted by Gasteiger charge is 2.30. The topological polar surface area (TPSA) is 9.23 Å². The molecule has 0 aromatic carbocycles. The quantitative estimate of drug-likeness (QED) is 0.353. The van der Waals surface area contributed by atoms with Crippen molar-refractivity contribution in [2.75, 3.05) is 6.16 Å². The smallest absolute Gasteiger partial charge is 0.139 e. The van der Waals surface area contributed by atoms with Gasteiger partial charge in [0, 0.05) is 12.4 Å². The lowest BCUT2D eigenvalue weighted by Gasteiger charge is -2.14. The molecule has 1 aliphatic heterocycles. The van der Waals surface area contributed by atoms with E-state index >= 15 is 0 Å². The SMILES string of the molecule is BC1CC(CCC#C)C(CP)O1. The van der Waals surface area contributed by atoms with Crippen molar-refractivity contribution in [3.05, 3.63) is 0 Å². The van der Waals surface area contributed by atoms with Crippen LogP contribution >= 0.6 is 9.24 Å². The maximum absolute atomic E-state index is 5.73. The van der Waals surface area contributed by atoms with E-state index in [1.807, 2.05) is 0 Å². The van der Waals surface area contributed by atoms with Crippen molar-refractivity contribution >= 4 is 17.1 Å². The average Bonchev–Trinajstić information content (AvgIpc) is 2.42. The van der Waals surface area contributed by atoms with Gasteiger partial charge in [0.25, 0.3) is 0 Å². The third kappa shape index (κ3) is 2.51. The Balaban J connectivity index is 2.36. The van der Waals surface area contributed by atoms with Crippen LogP contribution in [0.1, 0.15) is 19.3 Å². The van der Waals surface area contributed by atoms with Crippen LogP contribution in [0.2, 0.25) is 0 Å². The van der Waals surface area contributed by atoms with E-state index in [9.17, 15) is 0 Å². The van der Waals surface area contributed by atoms with Crippen LogP contribution in [-0.4, -0.2) is 26.1 Å². The van der Waals surface area contributed by atoms with E-state index < -0.39 is 0 Å². The highest BCUT2D eigenvalue weighted by atomic mass is 31.0. The number of rotatable bonds is 3. The molecule has 1 rings (SSSR count). The molecule has 4 unspecified atom stereocenters. The van der Waals surface area contributed by atoms with Gasteiger partial charge in [-0.25, -0.2) is 0 Å². The Hall–Kier alpha value is 0.0149. The first kappa shape index (κ1) is 10.1. The summed E-state index contributed by atoms with van der Waals surface area (Å²) in [5.41, 5.74) is 0. The molecule has 3 heteroatoms. The molecule has 1 saturated heterocycles. The Labute approximate surface area is 78.2 Å². The molecule has 0 spiro atoms. The van der Waals surface area contributed by atoms with Crippen molar-refractivity contribution < 1.29 is 4.74 Å². The molecule has 12 heavy (non-hydrogen) atoms. The maximum atomic E-state index is 5.73. The number of terminal acetylenes is 1. The Morgan fingerprint density at radius 3 is 3.00 bits per heavy atom. The summed E-state index contributed by atoms with van der Waals surface area (Å²) in [7, 11) is 4.89. The molecule has 0 aromatic heterocycles. The predicted octanol–water partition coefficient (Wildman–Crippen LogP) is 0.639. The molecule has 1 nitrogen and oxygen atoms in total. The standard InChI is InChI=1S/C9H16BOP/c1-2-3-4-7-5-9(10)11-8(7)6-12/h1,7-9H,3-6,10,12H2. The zero-order valence-electron chi connectivity index (χ0n) is 7.62. The Bertz CT molecular complexity index is 178. The van der Waals surface area contributed by atoms with Crippen molar-refractivity contribution in [3.63, 3.8) is 0 Å². The van der Waals surface area contributed by atoms with Crippen molar-refractivity contribution in [2.45, 2.75) is 31.4 Å². The van der Waals surface area contributed by atoms with Crippen molar-refractivity contribution in [3.8, 4) is 12.3 Å². The molecule has 1 aliphatic rings. The molecule has 0 bridgehead atoms. The zero-order valence-corrected chi connectivity index (χ0v) is 8.78. The van der Waals surface area contributed by atoms with Gasteiger partial charge in [0.05, 0.1) is 6.10 Å². The van der Waals surface area contributed by atoms with Gasteiger partial charge in [-0.1, -0.05) is 0 Å². The van der Waals surface area contributed by atoms with E-state index in [1.54, 1.807) is 0 Å². The van der Waals surface area contributed by atoms with E-state index in [2.05, 4.69) is 23.0 Å². The van der Waals surface area contributed by atoms with Crippen molar-refractivity contribution in [1.82, 2.24) is 0 Å². The van der Waals surface area contributed by atoms with E-state index in [0.717, 1.165) is 19.0 Å². The van der Waals surface area contributed by atoms with Crippen LogP contribution < -0.4 is 0 Å². The fourth-order valence-electron chi connectivity index (χ4n) is 1.86. The monoisotopic (exact) mass is 182 g/mol. The Morgan fingerprint density at radius 2 is 2.42 bits per heavy atom. The fraction of sp³-hybridized carbons (Fsp3) is 0.778. The van der Waals surface area contributed by atoms with Crippen LogP contribution in [0.3, 0.4) is 0 Å². The van der Waals surface area contributed by atoms with Gasteiger partial charge in [-0.15, -0.1) is 21.6 Å². The van der Waals surface area contributed by atoms with Crippen LogP contribution in [0, 0.1) is 18.3 Å². The number of ether oxygens (including phenoxy) is 1. The molecule has 1 fully saturated rings. The van der Waals surface area contributed by atoms with Gasteiger partial charge in [0.1, 0.15) is 7.85 Å². The van der Waals surface area contributed by atoms with Crippen LogP contribution in [0.15, 0.2) is 0 Å². The zero-order chi connectivity index (χ0) is 8.97. The average molecular weight is 182 g/mol. The Morgan fingerprint density at radius 1 is 1.67 bits per heavy atom. The summed E-state index contributed by atoms with van der Waals surface area (Å²) in [4.78, 5) is 0. The lowest BCUT2D eigenvalue weighted by molar-refractivity contribution is 0.0875. The van der Waals surface area contributed by atoms with Gasteiger partial charge in [-0.3, -0.25) is 0 Å². The van der Waals surface area contributed by atoms with Gasteiger partial charge in [-0.05, 0) is 24.9 Å². The number of hydrogen-bond acceptors (Lipinski definition) is 1. The highest BCUT2D eigenvalue weighted by Crippen LogP contribution is 2.29. The van der Waals surface area contributed by atoms with E-state index in [-0.39, 0.29) is 0 Å². The minimum atomic E-state index is 0.429. The molecule has 0 radical (unpaired) electrons. The largest absolute Gasteiger partial charge is 0.383 e. The summed E-state index contributed by atoms with van der Waals surface area (Å²) >= 11 is 0. The summed E-state index contributed by atoms with van der Waals surface area (Å²) < 4.78 is 5.73. The minimum Gasteiger partial charge on any atom is -0.383 e. The summed E-state index contributed by atoms with van der Waals surface area (Å²) in [6.45, 7) is 0. The predicted molar refractivity (Wildman–Crippen MR) is 58.0 cm³/mol. The van der Waals surface area contributed by atoms with Gasteiger partial charge in [0.2, 0.25) is 0 Å². The highest BCUT2D eigenvalue weighted by molar-refractivity contribution is 7.16. The molecule has 0 aromatic rings. The maximum Gasteiger partial charge on any atom is 0.139 e. The molecule has 0 aliphatic carbocycles. The van der Waals surface area contributed by atoms with Gasteiger partial charge < -0.3 is 4.74 Å². The molecular weight excluding hydrogens is 166 g/mol. The second-order valence-corrected chi connectivity index (χ2v) is 3.93. The molecule has 0 N–H and O–H groups in total. The van der Waals surface area contributed by atoms with Crippen LogP contribution in [0.4, 0.5) is 0 Å². The molecule has 1 heterocycles. The van der Waals surface area contributed by atoms with Gasteiger partial charge in [0.15, 0.2) is 0 Å². The fourth-order valence-corrected chi connectivity index (χ4v) is 2.36. The van der Waals surface area contributed by atoms with Crippen LogP contribution in [-0.2, 0) is 4.74 Å². The second-order valence-electron chi connectivity index (χ2n) is 3.46. The molecule has 4 atom stereocenters. The molecule has 66 valence electrons. The summed E-state index contributed by atoms with van der Waals surface area (Å²) in [6, 6.07) is 0.429. The van der Waals surface area contributed by atoms with Crippen molar-refractivity contribution in [2.24, 2.45) is 5.92 Å². The van der Waals surface area contributed by atoms with E-state index in [1.165, 1.54) is 6.42 Å². The minimum absolute atomic E-state index is 0.429. The van der Waals surface area contributed by atoms with Crippen molar-refractivity contribution in [1.29, 1.82) is 0 Å². The third-order valence-corrected chi connectivity index (χ3v) is 2.92. The summed E-state index contributed by atoms with van der Waals surface area (Å²) in [5.74, 6) is 3.38. The van der Waals surface area contributed by atoms with Gasteiger partial charge in [-0.2, -0.15) is 0 Å². The molecule has 0 saturated carbocycles. The van der Waals surface area contributed by atoms with Gasteiger partial charge >= 0.3 is 0 Å². The first-order chi connectivity index (χ1) is 5.77. The summed E-state index contributed by atoms with van der Waals surface area (Å²) in [6.07, 6.45) is 9.90. The third-order valence-electron chi connectivity index (χ3n) is 2.46. The normalized spacial score (nSPS) is 34.8. The van der Waals surface area contributed by atoms with E-state index in [4.69, 9.17) is 11.2 Å². The number of hydrogen-bond donors (Lipinski definition) is 0. The lowest BCUT2D eigenvalue weighted by Crippen LogP contribution is -2.17. The molecular formula is C9H16BOP. The van der Waals surface area contributed by atoms with E-state index in [0.29, 0.717) is 18.0 Å². The first-order valence-corrected chi connectivity index (χ1v) is 5.38. The Kier molecular flexibility index (Phi) is 4.12. The lowest BCUT2D eigenvalue weighted by atomic mass is 9.88. The summed E-state index contributed by atoms with van der Waals surface area (Å²) in [5, 5.41) is 0. The van der Waals surface area contributed by atoms with Crippen LogP contribution in [0.5, 0.6) is 0 Å². The molecule has 0 amide bonds. The van der Waals surface area contributed by atoms with Crippen LogP contribution in [0.25, 0.3) is 0 Å². The second kappa shape index (κ2) is 4.90. The first-order valence-electron chi connectivity index (χ1n) is 4.57.